The van der Waals surface area contributed by atoms with Crippen molar-refractivity contribution in [3.05, 3.63) is 70.9 Å². The van der Waals surface area contributed by atoms with Gasteiger partial charge in [0.25, 0.3) is 0 Å². The Hall–Kier alpha value is -2.42. The van der Waals surface area contributed by atoms with Gasteiger partial charge in [0.2, 0.25) is 5.88 Å². The van der Waals surface area contributed by atoms with Crippen LogP contribution in [0.1, 0.15) is 25.1 Å². The predicted molar refractivity (Wildman–Crippen MR) is 139 cm³/mol. The lowest BCUT2D eigenvalue weighted by Crippen LogP contribution is -2.37. The molecule has 0 spiro atoms. The molecule has 0 bridgehead atoms. The summed E-state index contributed by atoms with van der Waals surface area (Å²) in [5.41, 5.74) is 2.64. The molecule has 1 heterocycles. The number of hydrogen-bond donors (Lipinski definition) is 1. The van der Waals surface area contributed by atoms with Crippen LogP contribution in [0.3, 0.4) is 0 Å². The summed E-state index contributed by atoms with van der Waals surface area (Å²) in [6.45, 7) is 9.17. The van der Waals surface area contributed by atoms with Gasteiger partial charge in [-0.3, -0.25) is 4.90 Å². The Balaban J connectivity index is 1.90. The first-order chi connectivity index (χ1) is 16.9. The van der Waals surface area contributed by atoms with Crippen molar-refractivity contribution in [2.24, 2.45) is 5.92 Å². The van der Waals surface area contributed by atoms with E-state index in [-0.39, 0.29) is 6.61 Å². The summed E-state index contributed by atoms with van der Waals surface area (Å²) in [4.78, 5) is 2.13. The van der Waals surface area contributed by atoms with Gasteiger partial charge in [-0.1, -0.05) is 55.8 Å². The zero-order chi connectivity index (χ0) is 25.2. The number of methoxy groups -OCH3 is 1. The van der Waals surface area contributed by atoms with Crippen LogP contribution in [0, 0.1) is 12.8 Å². The van der Waals surface area contributed by atoms with E-state index in [2.05, 4.69) is 18.7 Å². The van der Waals surface area contributed by atoms with Crippen molar-refractivity contribution >= 4 is 11.6 Å². The molecule has 0 saturated heterocycles. The first-order valence-corrected chi connectivity index (χ1v) is 12.3. The van der Waals surface area contributed by atoms with E-state index >= 15 is 0 Å². The molecule has 2 aromatic carbocycles. The smallest absolute Gasteiger partial charge is 0.227 e. The van der Waals surface area contributed by atoms with Gasteiger partial charge in [0.15, 0.2) is 0 Å². The molecule has 3 aromatic rings. The van der Waals surface area contributed by atoms with Crippen LogP contribution in [0.25, 0.3) is 5.69 Å². The molecule has 0 fully saturated rings. The van der Waals surface area contributed by atoms with Crippen LogP contribution >= 0.6 is 11.6 Å². The van der Waals surface area contributed by atoms with Crippen molar-refractivity contribution in [2.45, 2.75) is 33.4 Å². The van der Waals surface area contributed by atoms with Crippen LogP contribution in [0.2, 0.25) is 5.02 Å². The predicted octanol–water partition coefficient (Wildman–Crippen LogP) is 5.11. The molecule has 0 radical (unpaired) electrons. The van der Waals surface area contributed by atoms with Crippen molar-refractivity contribution in [1.82, 2.24) is 14.7 Å². The first-order valence-electron chi connectivity index (χ1n) is 11.9. The fourth-order valence-electron chi connectivity index (χ4n) is 3.67. The summed E-state index contributed by atoms with van der Waals surface area (Å²) in [5.74, 6) is 1.57. The minimum absolute atomic E-state index is 0.285. The Labute approximate surface area is 213 Å². The highest BCUT2D eigenvalue weighted by atomic mass is 35.5. The second-order valence-electron chi connectivity index (χ2n) is 8.96. The molecule has 3 rings (SSSR count). The zero-order valence-electron chi connectivity index (χ0n) is 21.0. The fraction of sp³-hybridized carbons (Fsp3) is 0.444. The van der Waals surface area contributed by atoms with Crippen LogP contribution < -0.4 is 4.74 Å². The number of nitrogens with zero attached hydrogens (tertiary/aromatic N) is 3. The Morgan fingerprint density at radius 1 is 1.06 bits per heavy atom. The van der Waals surface area contributed by atoms with Crippen molar-refractivity contribution in [3.8, 4) is 17.3 Å². The molecular weight excluding hydrogens is 466 g/mol. The Morgan fingerprint density at radius 3 is 2.46 bits per heavy atom. The molecular formula is C27H36ClN3O4. The van der Waals surface area contributed by atoms with Crippen molar-refractivity contribution in [2.75, 3.05) is 40.0 Å². The number of para-hydroxylation sites is 2. The Kier molecular flexibility index (Phi) is 10.6. The monoisotopic (exact) mass is 501 g/mol. The highest BCUT2D eigenvalue weighted by Crippen LogP contribution is 2.34. The maximum atomic E-state index is 10.6. The van der Waals surface area contributed by atoms with Crippen LogP contribution in [-0.2, 0) is 16.0 Å². The van der Waals surface area contributed by atoms with Gasteiger partial charge in [0.1, 0.15) is 5.75 Å². The topological polar surface area (TPSA) is 69.0 Å². The molecule has 190 valence electrons. The third-order valence-electron chi connectivity index (χ3n) is 5.41. The summed E-state index contributed by atoms with van der Waals surface area (Å²) in [6.07, 6.45) is -0.622. The number of aliphatic hydroxyl groups is 1. The number of rotatable bonds is 14. The Bertz CT molecular complexity index is 1040. The first kappa shape index (κ1) is 27.2. The van der Waals surface area contributed by atoms with Crippen molar-refractivity contribution < 1.29 is 19.3 Å². The number of aryl methyl sites for hydroxylation is 1. The molecule has 1 atom stereocenters. The molecule has 0 unspecified atom stereocenters. The number of benzene rings is 2. The lowest BCUT2D eigenvalue weighted by atomic mass is 10.2. The zero-order valence-corrected chi connectivity index (χ0v) is 21.7. The van der Waals surface area contributed by atoms with E-state index in [1.54, 1.807) is 17.9 Å². The van der Waals surface area contributed by atoms with Gasteiger partial charge in [-0.25, -0.2) is 4.68 Å². The van der Waals surface area contributed by atoms with Crippen LogP contribution in [0.5, 0.6) is 11.6 Å². The summed E-state index contributed by atoms with van der Waals surface area (Å²) in [7, 11) is 1.67. The normalized spacial score (nSPS) is 12.5. The second kappa shape index (κ2) is 13.6. The van der Waals surface area contributed by atoms with Gasteiger partial charge < -0.3 is 19.3 Å². The quantitative estimate of drug-likeness (QED) is 0.331. The van der Waals surface area contributed by atoms with E-state index in [9.17, 15) is 5.11 Å². The maximum Gasteiger partial charge on any atom is 0.227 e. The molecule has 0 aliphatic rings. The summed E-state index contributed by atoms with van der Waals surface area (Å²) in [5, 5.41) is 15.9. The molecule has 0 aliphatic carbocycles. The summed E-state index contributed by atoms with van der Waals surface area (Å²) >= 11 is 6.42. The molecule has 0 amide bonds. The number of ether oxygens (including phenoxy) is 3. The highest BCUT2D eigenvalue weighted by molar-refractivity contribution is 6.32. The largest absolute Gasteiger partial charge is 0.437 e. The average molecular weight is 502 g/mol. The molecule has 0 aliphatic heterocycles. The van der Waals surface area contributed by atoms with E-state index < -0.39 is 6.10 Å². The lowest BCUT2D eigenvalue weighted by molar-refractivity contribution is 0.00324. The molecule has 0 saturated carbocycles. The lowest BCUT2D eigenvalue weighted by Gasteiger charge is -2.25. The number of aliphatic hydroxyl groups excluding tert-OH is 1. The number of halogens is 1. The Morgan fingerprint density at radius 2 is 1.77 bits per heavy atom. The second-order valence-corrected chi connectivity index (χ2v) is 9.37. The van der Waals surface area contributed by atoms with Crippen molar-refractivity contribution in [1.29, 1.82) is 0 Å². The highest BCUT2D eigenvalue weighted by Gasteiger charge is 2.23. The van der Waals surface area contributed by atoms with Gasteiger partial charge in [0, 0.05) is 33.4 Å². The van der Waals surface area contributed by atoms with Crippen LogP contribution in [0.15, 0.2) is 54.6 Å². The van der Waals surface area contributed by atoms with Gasteiger partial charge >= 0.3 is 0 Å². The third-order valence-corrected chi connectivity index (χ3v) is 5.72. The summed E-state index contributed by atoms with van der Waals surface area (Å²) in [6, 6.07) is 17.2. The van der Waals surface area contributed by atoms with E-state index in [1.807, 2.05) is 55.5 Å². The van der Waals surface area contributed by atoms with Gasteiger partial charge in [-0.2, -0.15) is 5.10 Å². The van der Waals surface area contributed by atoms with Gasteiger partial charge in [-0.15, -0.1) is 0 Å². The third kappa shape index (κ3) is 8.05. The van der Waals surface area contributed by atoms with Crippen molar-refractivity contribution in [3.63, 3.8) is 0 Å². The summed E-state index contributed by atoms with van der Waals surface area (Å²) < 4.78 is 19.1. The van der Waals surface area contributed by atoms with E-state index in [1.165, 1.54) is 0 Å². The molecule has 8 heteroatoms. The van der Waals surface area contributed by atoms with Gasteiger partial charge in [-0.05, 0) is 37.1 Å². The standard InChI is InChI=1S/C27H36ClN3O4/c1-20(2)18-34-19-23(32)16-30(14-15-33-4)17-24-21(3)29-31(22-10-6-5-7-11-22)27(24)35-26-13-9-8-12-25(26)28/h5-13,20,23,32H,14-19H2,1-4H3/t23-/m1/s1. The number of hydrogen-bond acceptors (Lipinski definition) is 6. The average Bonchev–Trinajstić information content (AvgIpc) is 3.14. The molecule has 1 aromatic heterocycles. The molecule has 1 N–H and O–H groups in total. The van der Waals surface area contributed by atoms with E-state index in [4.69, 9.17) is 30.9 Å². The fourth-order valence-corrected chi connectivity index (χ4v) is 3.84. The molecule has 7 nitrogen and oxygen atoms in total. The maximum absolute atomic E-state index is 10.6. The van der Waals surface area contributed by atoms with E-state index in [0.29, 0.717) is 55.4 Å². The molecule has 35 heavy (non-hydrogen) atoms. The van der Waals surface area contributed by atoms with E-state index in [0.717, 1.165) is 16.9 Å². The number of aromatic nitrogens is 2. The SMILES string of the molecule is COCCN(Cc1c(C)nn(-c2ccccc2)c1Oc1ccccc1Cl)C[C@@H](O)COCC(C)C. The minimum Gasteiger partial charge on any atom is -0.437 e. The van der Waals surface area contributed by atoms with Crippen LogP contribution in [0.4, 0.5) is 0 Å². The van der Waals surface area contributed by atoms with Gasteiger partial charge in [0.05, 0.1) is 41.3 Å². The minimum atomic E-state index is -0.622. The van der Waals surface area contributed by atoms with Crippen LogP contribution in [-0.4, -0.2) is 65.9 Å².